The summed E-state index contributed by atoms with van der Waals surface area (Å²) in [5.41, 5.74) is 10.9. The molecule has 33 heavy (non-hydrogen) atoms. The predicted octanol–water partition coefficient (Wildman–Crippen LogP) is 5.67. The normalized spacial score (nSPS) is 13.2. The Morgan fingerprint density at radius 3 is 1.42 bits per heavy atom. The lowest BCUT2D eigenvalue weighted by molar-refractivity contribution is 0.416. The second kappa shape index (κ2) is 7.36. The van der Waals surface area contributed by atoms with Crippen molar-refractivity contribution in [2.75, 3.05) is 14.2 Å². The van der Waals surface area contributed by atoms with Gasteiger partial charge < -0.3 is 9.47 Å². The van der Waals surface area contributed by atoms with Crippen molar-refractivity contribution in [3.63, 3.8) is 0 Å². The summed E-state index contributed by atoms with van der Waals surface area (Å²) in [4.78, 5) is 0. The summed E-state index contributed by atoms with van der Waals surface area (Å²) in [5.74, 6) is 1.96. The maximum Gasteiger partial charge on any atom is 0.126 e. The van der Waals surface area contributed by atoms with Crippen LogP contribution in [-0.2, 0) is 12.8 Å². The van der Waals surface area contributed by atoms with E-state index in [2.05, 4.69) is 85.9 Å². The number of rotatable bonds is 4. The molecule has 4 aromatic carbocycles. The van der Waals surface area contributed by atoms with E-state index in [9.17, 15) is 0 Å². The maximum atomic E-state index is 5.83. The van der Waals surface area contributed by atoms with Crippen LogP contribution in [0, 0.1) is 0 Å². The Morgan fingerprint density at radius 2 is 1.00 bits per heavy atom. The standard InChI is InChI=1S/C30H28O2Si/c1-31-25-13-15-27(23-17-19-9-5-7-11-21(19)29(23)25)33(3,4)28-16-14-26(32-2)30-22-12-8-6-10-20(22)18-24(28)30/h5-16H,17-18H2,1-4H3. The first-order valence-electron chi connectivity index (χ1n) is 11.6. The fourth-order valence-corrected chi connectivity index (χ4v) is 9.31. The maximum absolute atomic E-state index is 5.83. The molecule has 0 saturated carbocycles. The van der Waals surface area contributed by atoms with E-state index in [1.54, 1.807) is 14.2 Å². The highest BCUT2D eigenvalue weighted by Crippen LogP contribution is 2.44. The van der Waals surface area contributed by atoms with Gasteiger partial charge in [-0.2, -0.15) is 0 Å². The molecule has 0 saturated heterocycles. The van der Waals surface area contributed by atoms with Gasteiger partial charge in [0.2, 0.25) is 0 Å². The van der Waals surface area contributed by atoms with Gasteiger partial charge in [0.25, 0.3) is 0 Å². The SMILES string of the molecule is COc1ccc([Si](C)(C)c2ccc(OC)c3c2Cc2ccccc2-3)c2c1-c1ccccc1C2. The van der Waals surface area contributed by atoms with Crippen molar-refractivity contribution < 1.29 is 9.47 Å². The first kappa shape index (κ1) is 20.3. The Bertz CT molecular complexity index is 1310. The number of methoxy groups -OCH3 is 2. The van der Waals surface area contributed by atoms with Crippen LogP contribution in [-0.4, -0.2) is 22.3 Å². The van der Waals surface area contributed by atoms with Crippen LogP contribution in [0.5, 0.6) is 11.5 Å². The minimum Gasteiger partial charge on any atom is -0.496 e. The Morgan fingerprint density at radius 1 is 0.576 bits per heavy atom. The van der Waals surface area contributed by atoms with E-state index in [1.165, 1.54) is 54.9 Å². The highest BCUT2D eigenvalue weighted by Gasteiger charge is 2.37. The monoisotopic (exact) mass is 448 g/mol. The molecule has 0 spiro atoms. The van der Waals surface area contributed by atoms with Crippen molar-refractivity contribution in [1.82, 2.24) is 0 Å². The molecule has 0 atom stereocenters. The highest BCUT2D eigenvalue weighted by atomic mass is 28.3. The molecule has 0 fully saturated rings. The zero-order valence-electron chi connectivity index (χ0n) is 19.7. The summed E-state index contributed by atoms with van der Waals surface area (Å²) in [6.07, 6.45) is 1.96. The average molecular weight is 449 g/mol. The van der Waals surface area contributed by atoms with Crippen LogP contribution >= 0.6 is 0 Å². The van der Waals surface area contributed by atoms with Crippen molar-refractivity contribution >= 4 is 18.4 Å². The van der Waals surface area contributed by atoms with Gasteiger partial charge in [-0.1, -0.05) is 84.1 Å². The van der Waals surface area contributed by atoms with Crippen molar-refractivity contribution in [3.8, 4) is 33.8 Å². The lowest BCUT2D eigenvalue weighted by atomic mass is 10.0. The van der Waals surface area contributed by atoms with Gasteiger partial charge in [0.1, 0.15) is 19.6 Å². The number of fused-ring (bicyclic) bond motifs is 6. The molecule has 0 radical (unpaired) electrons. The molecule has 4 aromatic rings. The molecule has 2 nitrogen and oxygen atoms in total. The van der Waals surface area contributed by atoms with Crippen LogP contribution in [0.1, 0.15) is 22.3 Å². The van der Waals surface area contributed by atoms with Crippen molar-refractivity contribution in [3.05, 3.63) is 95.1 Å². The lowest BCUT2D eigenvalue weighted by Gasteiger charge is -2.30. The summed E-state index contributed by atoms with van der Waals surface area (Å²) in [6, 6.07) is 26.6. The van der Waals surface area contributed by atoms with E-state index < -0.39 is 8.07 Å². The molecule has 0 amide bonds. The van der Waals surface area contributed by atoms with Gasteiger partial charge in [-0.15, -0.1) is 0 Å². The highest BCUT2D eigenvalue weighted by molar-refractivity contribution is 7.01. The van der Waals surface area contributed by atoms with E-state index in [4.69, 9.17) is 9.47 Å². The Labute approximate surface area is 196 Å². The molecule has 3 heteroatoms. The molecule has 0 aliphatic heterocycles. The van der Waals surface area contributed by atoms with Crippen molar-refractivity contribution in [2.45, 2.75) is 25.9 Å². The van der Waals surface area contributed by atoms with Crippen LogP contribution < -0.4 is 19.8 Å². The predicted molar refractivity (Wildman–Crippen MR) is 139 cm³/mol. The summed E-state index contributed by atoms with van der Waals surface area (Å²) in [6.45, 7) is 5.01. The third-order valence-corrected chi connectivity index (χ3v) is 11.3. The zero-order chi connectivity index (χ0) is 22.7. The topological polar surface area (TPSA) is 18.5 Å². The third kappa shape index (κ3) is 2.85. The molecule has 0 heterocycles. The van der Waals surface area contributed by atoms with E-state index in [0.717, 1.165) is 24.3 Å². The number of hydrogen-bond acceptors (Lipinski definition) is 2. The van der Waals surface area contributed by atoms with Gasteiger partial charge in [0, 0.05) is 11.1 Å². The van der Waals surface area contributed by atoms with Gasteiger partial charge in [0.15, 0.2) is 0 Å². The molecule has 6 rings (SSSR count). The summed E-state index contributed by atoms with van der Waals surface area (Å²) in [5, 5.41) is 3.02. The minimum absolute atomic E-state index is 0.979. The lowest BCUT2D eigenvalue weighted by Crippen LogP contribution is -2.55. The van der Waals surface area contributed by atoms with Gasteiger partial charge in [0.05, 0.1) is 14.2 Å². The molecule has 0 unspecified atom stereocenters. The average Bonchev–Trinajstić information content (AvgIpc) is 3.42. The Balaban J connectivity index is 1.57. The first-order valence-corrected chi connectivity index (χ1v) is 14.6. The van der Waals surface area contributed by atoms with Crippen LogP contribution in [0.15, 0.2) is 72.8 Å². The van der Waals surface area contributed by atoms with Crippen LogP contribution in [0.25, 0.3) is 22.3 Å². The van der Waals surface area contributed by atoms with Crippen LogP contribution in [0.3, 0.4) is 0 Å². The van der Waals surface area contributed by atoms with E-state index in [-0.39, 0.29) is 0 Å². The first-order chi connectivity index (χ1) is 16.0. The Hall–Kier alpha value is -3.30. The van der Waals surface area contributed by atoms with Gasteiger partial charge in [-0.05, 0) is 58.4 Å². The van der Waals surface area contributed by atoms with E-state index in [1.807, 2.05) is 0 Å². The molecule has 0 aromatic heterocycles. The van der Waals surface area contributed by atoms with E-state index in [0.29, 0.717) is 0 Å². The Kier molecular flexibility index (Phi) is 4.53. The molecule has 0 N–H and O–H groups in total. The van der Waals surface area contributed by atoms with E-state index >= 15 is 0 Å². The molecule has 164 valence electrons. The molecule has 2 aliphatic rings. The number of hydrogen-bond donors (Lipinski definition) is 0. The molecule has 2 aliphatic carbocycles. The molecular formula is C30H28O2Si. The second-order valence-corrected chi connectivity index (χ2v) is 14.0. The fourth-order valence-electron chi connectivity index (χ4n) is 6.08. The number of benzene rings is 4. The third-order valence-electron chi connectivity index (χ3n) is 7.64. The van der Waals surface area contributed by atoms with Gasteiger partial charge >= 0.3 is 0 Å². The molecular weight excluding hydrogens is 420 g/mol. The summed E-state index contributed by atoms with van der Waals surface area (Å²) in [7, 11) is 1.54. The van der Waals surface area contributed by atoms with Crippen LogP contribution in [0.4, 0.5) is 0 Å². The fraction of sp³-hybridized carbons (Fsp3) is 0.200. The van der Waals surface area contributed by atoms with Crippen molar-refractivity contribution in [1.29, 1.82) is 0 Å². The summed E-state index contributed by atoms with van der Waals surface area (Å²) < 4.78 is 11.7. The zero-order valence-corrected chi connectivity index (χ0v) is 20.7. The van der Waals surface area contributed by atoms with Crippen LogP contribution in [0.2, 0.25) is 13.1 Å². The largest absolute Gasteiger partial charge is 0.496 e. The summed E-state index contributed by atoms with van der Waals surface area (Å²) >= 11 is 0. The molecule has 0 bridgehead atoms. The van der Waals surface area contributed by atoms with Crippen molar-refractivity contribution in [2.24, 2.45) is 0 Å². The minimum atomic E-state index is -2.03. The number of ether oxygens (including phenoxy) is 2. The smallest absolute Gasteiger partial charge is 0.126 e. The van der Waals surface area contributed by atoms with Gasteiger partial charge in [-0.3, -0.25) is 0 Å². The quantitative estimate of drug-likeness (QED) is 0.324. The second-order valence-electron chi connectivity index (χ2n) is 9.63. The van der Waals surface area contributed by atoms with Gasteiger partial charge in [-0.25, -0.2) is 0 Å².